The molecule has 20 heavy (non-hydrogen) atoms. The van der Waals surface area contributed by atoms with Crippen LogP contribution in [0.3, 0.4) is 0 Å². The van der Waals surface area contributed by atoms with E-state index < -0.39 is 0 Å². The van der Waals surface area contributed by atoms with Gasteiger partial charge in [0.1, 0.15) is 18.0 Å². The Hall–Kier alpha value is -2.04. The highest BCUT2D eigenvalue weighted by Crippen LogP contribution is 1.99. The van der Waals surface area contributed by atoms with Gasteiger partial charge in [0.2, 0.25) is 0 Å². The molecule has 0 aliphatic carbocycles. The summed E-state index contributed by atoms with van der Waals surface area (Å²) in [7, 11) is 0. The maximum atomic E-state index is 5.37. The summed E-state index contributed by atoms with van der Waals surface area (Å²) < 4.78 is 0. The molecule has 0 atom stereocenters. The number of rotatable bonds is 0. The van der Waals surface area contributed by atoms with Crippen molar-refractivity contribution in [3.8, 4) is 0 Å². The predicted molar refractivity (Wildman–Crippen MR) is 85.4 cm³/mol. The Morgan fingerprint density at radius 2 is 1.30 bits per heavy atom. The zero-order valence-corrected chi connectivity index (χ0v) is 13.7. The number of aryl methyl sites for hydroxylation is 3. The largest absolute Gasteiger partial charge is 0.383 e. The second-order valence-corrected chi connectivity index (χ2v) is 3.40. The van der Waals surface area contributed by atoms with Crippen LogP contribution in [-0.2, 0) is 0 Å². The molecule has 2 heterocycles. The lowest BCUT2D eigenvalue weighted by atomic mass is 10.4. The van der Waals surface area contributed by atoms with E-state index in [0.29, 0.717) is 5.82 Å². The lowest BCUT2D eigenvalue weighted by Gasteiger charge is -1.91. The summed E-state index contributed by atoms with van der Waals surface area (Å²) in [4.78, 5) is 15.4. The third-order valence-electron chi connectivity index (χ3n) is 1.85. The molecule has 0 amide bonds. The van der Waals surface area contributed by atoms with E-state index in [4.69, 9.17) is 5.73 Å². The van der Waals surface area contributed by atoms with Crippen LogP contribution >= 0.6 is 0 Å². The van der Waals surface area contributed by atoms with Gasteiger partial charge in [-0.25, -0.2) is 19.9 Å². The van der Waals surface area contributed by atoms with Gasteiger partial charge in [-0.1, -0.05) is 27.7 Å². The molecule has 0 aliphatic heterocycles. The van der Waals surface area contributed by atoms with Crippen molar-refractivity contribution < 1.29 is 0 Å². The van der Waals surface area contributed by atoms with Crippen molar-refractivity contribution in [2.75, 3.05) is 5.73 Å². The summed E-state index contributed by atoms with van der Waals surface area (Å²) >= 11 is 0. The predicted octanol–water partition coefficient (Wildman–Crippen LogP) is 3.51. The van der Waals surface area contributed by atoms with Gasteiger partial charge >= 0.3 is 0 Å². The molecule has 0 fully saturated rings. The van der Waals surface area contributed by atoms with E-state index in [0.717, 1.165) is 17.0 Å². The zero-order valence-electron chi connectivity index (χ0n) is 13.7. The third-order valence-corrected chi connectivity index (χ3v) is 1.85. The molecule has 0 saturated carbocycles. The normalized spacial score (nSPS) is 7.95. The Balaban J connectivity index is 0. The summed E-state index contributed by atoms with van der Waals surface area (Å²) in [5.74, 6) is 1.38. The van der Waals surface area contributed by atoms with Crippen LogP contribution in [0.15, 0.2) is 24.9 Å². The summed E-state index contributed by atoms with van der Waals surface area (Å²) in [5, 5.41) is 0. The summed E-state index contributed by atoms with van der Waals surface area (Å²) in [5.41, 5.74) is 7.40. The minimum Gasteiger partial charge on any atom is -0.383 e. The standard InChI is InChI=1S/C6H8N2.C5H7N3.2C2H6/c1-5-3-7-6(2)8-4-5;1-4-2-7-3-8-5(4)6;2*1-2/h3-4H,1-2H3;2-3H,1H3,(H2,6,7,8);2*1-2H3. The van der Waals surface area contributed by atoms with Crippen molar-refractivity contribution in [3.63, 3.8) is 0 Å². The van der Waals surface area contributed by atoms with Crippen LogP contribution in [-0.4, -0.2) is 19.9 Å². The molecule has 5 nitrogen and oxygen atoms in total. The number of aromatic nitrogens is 4. The van der Waals surface area contributed by atoms with Crippen molar-refractivity contribution >= 4 is 5.82 Å². The Morgan fingerprint density at radius 1 is 0.800 bits per heavy atom. The van der Waals surface area contributed by atoms with Gasteiger partial charge in [-0.3, -0.25) is 0 Å². The maximum absolute atomic E-state index is 5.37. The molecule has 2 N–H and O–H groups in total. The Bertz CT molecular complexity index is 398. The van der Waals surface area contributed by atoms with Gasteiger partial charge in [0.15, 0.2) is 0 Å². The molecular formula is C15H27N5. The fourth-order valence-electron chi connectivity index (χ4n) is 0.866. The number of nitrogen functional groups attached to an aromatic ring is 1. The van der Waals surface area contributed by atoms with Crippen LogP contribution < -0.4 is 5.73 Å². The maximum Gasteiger partial charge on any atom is 0.129 e. The first-order chi connectivity index (χ1) is 9.59. The molecule has 0 radical (unpaired) electrons. The smallest absolute Gasteiger partial charge is 0.129 e. The second-order valence-electron chi connectivity index (χ2n) is 3.40. The van der Waals surface area contributed by atoms with Crippen LogP contribution in [0.25, 0.3) is 0 Å². The first kappa shape index (κ1) is 20.3. The van der Waals surface area contributed by atoms with Crippen LogP contribution in [0.1, 0.15) is 44.6 Å². The van der Waals surface area contributed by atoms with Gasteiger partial charge in [0.05, 0.1) is 0 Å². The molecule has 0 unspecified atom stereocenters. The third kappa shape index (κ3) is 9.94. The molecule has 5 heteroatoms. The number of anilines is 1. The number of hydrogen-bond acceptors (Lipinski definition) is 5. The van der Waals surface area contributed by atoms with Crippen LogP contribution in [0, 0.1) is 20.8 Å². The average Bonchev–Trinajstić information content (AvgIpc) is 2.50. The van der Waals surface area contributed by atoms with E-state index >= 15 is 0 Å². The minimum atomic E-state index is 0.556. The molecule has 2 aromatic heterocycles. The SMILES string of the molecule is CC.CC.Cc1cnc(C)nc1.Cc1cncnc1N. The van der Waals surface area contributed by atoms with E-state index in [2.05, 4.69) is 19.9 Å². The molecule has 0 spiro atoms. The van der Waals surface area contributed by atoms with E-state index in [-0.39, 0.29) is 0 Å². The zero-order chi connectivity index (χ0) is 16.0. The molecule has 112 valence electrons. The fraction of sp³-hybridized carbons (Fsp3) is 0.467. The molecular weight excluding hydrogens is 250 g/mol. The first-order valence-electron chi connectivity index (χ1n) is 6.87. The van der Waals surface area contributed by atoms with Crippen molar-refractivity contribution in [1.29, 1.82) is 0 Å². The van der Waals surface area contributed by atoms with E-state index in [9.17, 15) is 0 Å². The average molecular weight is 277 g/mol. The topological polar surface area (TPSA) is 77.6 Å². The van der Waals surface area contributed by atoms with Gasteiger partial charge < -0.3 is 5.73 Å². The number of nitrogens with two attached hydrogens (primary N) is 1. The highest BCUT2D eigenvalue weighted by atomic mass is 14.9. The van der Waals surface area contributed by atoms with Crippen molar-refractivity contribution in [1.82, 2.24) is 19.9 Å². The van der Waals surface area contributed by atoms with Gasteiger partial charge in [-0.15, -0.1) is 0 Å². The molecule has 0 bridgehead atoms. The van der Waals surface area contributed by atoms with Crippen molar-refractivity contribution in [2.45, 2.75) is 48.5 Å². The molecule has 0 saturated heterocycles. The second kappa shape index (κ2) is 13.4. The first-order valence-corrected chi connectivity index (χ1v) is 6.87. The highest BCUT2D eigenvalue weighted by molar-refractivity contribution is 5.34. The summed E-state index contributed by atoms with van der Waals surface area (Å²) in [6.45, 7) is 13.7. The van der Waals surface area contributed by atoms with E-state index in [1.54, 1.807) is 6.20 Å². The summed E-state index contributed by atoms with van der Waals surface area (Å²) in [6, 6.07) is 0. The highest BCUT2D eigenvalue weighted by Gasteiger charge is 1.87. The van der Waals surface area contributed by atoms with E-state index in [1.807, 2.05) is 60.9 Å². The minimum absolute atomic E-state index is 0.556. The van der Waals surface area contributed by atoms with Crippen LogP contribution in [0.2, 0.25) is 0 Å². The fourth-order valence-corrected chi connectivity index (χ4v) is 0.866. The number of nitrogens with zero attached hydrogens (tertiary/aromatic N) is 4. The molecule has 2 aromatic rings. The van der Waals surface area contributed by atoms with Gasteiger partial charge in [0.25, 0.3) is 0 Å². The molecule has 0 aliphatic rings. The van der Waals surface area contributed by atoms with Gasteiger partial charge in [-0.05, 0) is 26.3 Å². The lowest BCUT2D eigenvalue weighted by Crippen LogP contribution is -1.92. The van der Waals surface area contributed by atoms with E-state index in [1.165, 1.54) is 6.33 Å². The van der Waals surface area contributed by atoms with Crippen molar-refractivity contribution in [2.24, 2.45) is 0 Å². The lowest BCUT2D eigenvalue weighted by molar-refractivity contribution is 1.03. The van der Waals surface area contributed by atoms with Gasteiger partial charge in [-0.2, -0.15) is 0 Å². The van der Waals surface area contributed by atoms with Gasteiger partial charge in [0, 0.05) is 24.2 Å². The Morgan fingerprint density at radius 3 is 1.60 bits per heavy atom. The summed E-state index contributed by atoms with van der Waals surface area (Å²) in [6.07, 6.45) is 6.73. The molecule has 0 aromatic carbocycles. The van der Waals surface area contributed by atoms with Crippen LogP contribution in [0.5, 0.6) is 0 Å². The number of hydrogen-bond donors (Lipinski definition) is 1. The Labute approximate surface area is 122 Å². The molecule has 2 rings (SSSR count). The Kier molecular flexibility index (Phi) is 13.6. The monoisotopic (exact) mass is 277 g/mol. The van der Waals surface area contributed by atoms with Crippen LogP contribution in [0.4, 0.5) is 5.82 Å². The quantitative estimate of drug-likeness (QED) is 0.797. The van der Waals surface area contributed by atoms with Crippen molar-refractivity contribution in [3.05, 3.63) is 41.9 Å².